The van der Waals surface area contributed by atoms with Crippen molar-refractivity contribution in [2.75, 3.05) is 6.54 Å². The molecule has 2 aromatic rings. The molecule has 0 spiro atoms. The van der Waals surface area contributed by atoms with Gasteiger partial charge in [-0.15, -0.1) is 0 Å². The number of carboxylic acids is 1. The van der Waals surface area contributed by atoms with E-state index >= 15 is 0 Å². The summed E-state index contributed by atoms with van der Waals surface area (Å²) in [5.74, 6) is -0.0400. The molecule has 2 atom stereocenters. The number of likely N-dealkylation sites (tertiary alicyclic amines) is 1. The number of aromatic hydroxyl groups is 1. The second-order valence-electron chi connectivity index (χ2n) is 7.06. The van der Waals surface area contributed by atoms with E-state index in [1.807, 2.05) is 30.5 Å². The number of carboxylic acid groups (broad SMARTS) is 1. The third-order valence-electron chi connectivity index (χ3n) is 5.08. The fourth-order valence-electron chi connectivity index (χ4n) is 3.86. The number of aromatic nitrogens is 1. The molecular formula is C22H27N2NaO3. The third kappa shape index (κ3) is 6.45. The van der Waals surface area contributed by atoms with Crippen molar-refractivity contribution < 1.29 is 15.0 Å². The molecule has 1 aliphatic heterocycles. The van der Waals surface area contributed by atoms with Gasteiger partial charge in [-0.25, -0.2) is 0 Å². The van der Waals surface area contributed by atoms with Crippen LogP contribution in [-0.4, -0.2) is 62.2 Å². The van der Waals surface area contributed by atoms with Crippen molar-refractivity contribution in [1.29, 1.82) is 0 Å². The quantitative estimate of drug-likeness (QED) is 0.533. The van der Waals surface area contributed by atoms with E-state index < -0.39 is 5.97 Å². The van der Waals surface area contributed by atoms with Crippen LogP contribution in [0.3, 0.4) is 0 Å². The Morgan fingerprint density at radius 2 is 2.11 bits per heavy atom. The summed E-state index contributed by atoms with van der Waals surface area (Å²) < 4.78 is 0. The first kappa shape index (κ1) is 22.6. The molecule has 1 aliphatic rings. The maximum absolute atomic E-state index is 10.6. The third-order valence-corrected chi connectivity index (χ3v) is 5.08. The summed E-state index contributed by atoms with van der Waals surface area (Å²) in [6.45, 7) is 1.82. The Balaban J connectivity index is 0.00000280. The topological polar surface area (TPSA) is 73.7 Å². The van der Waals surface area contributed by atoms with Gasteiger partial charge in [-0.05, 0) is 61.1 Å². The predicted octanol–water partition coefficient (Wildman–Crippen LogP) is 3.51. The Morgan fingerprint density at radius 1 is 1.25 bits per heavy atom. The van der Waals surface area contributed by atoms with Crippen LogP contribution < -0.4 is 0 Å². The summed E-state index contributed by atoms with van der Waals surface area (Å²) in [7, 11) is 0. The summed E-state index contributed by atoms with van der Waals surface area (Å²) >= 11 is 0. The fraction of sp³-hybridized carbons (Fsp3) is 0.364. The number of nitrogens with zero attached hydrogens (tertiary/aromatic N) is 2. The first-order valence-electron chi connectivity index (χ1n) is 9.42. The van der Waals surface area contributed by atoms with E-state index in [1.165, 1.54) is 5.56 Å². The van der Waals surface area contributed by atoms with Gasteiger partial charge in [0.2, 0.25) is 0 Å². The van der Waals surface area contributed by atoms with E-state index in [-0.39, 0.29) is 47.8 Å². The minimum atomic E-state index is -0.763. The number of aliphatic carboxylic acids is 1. The van der Waals surface area contributed by atoms with Crippen LogP contribution in [0.1, 0.15) is 42.9 Å². The van der Waals surface area contributed by atoms with Crippen molar-refractivity contribution in [2.24, 2.45) is 5.92 Å². The summed E-state index contributed by atoms with van der Waals surface area (Å²) in [6.07, 6.45) is 10.5. The first-order valence-corrected chi connectivity index (χ1v) is 9.42. The molecule has 6 heteroatoms. The van der Waals surface area contributed by atoms with Gasteiger partial charge in [-0.1, -0.05) is 30.4 Å². The molecule has 0 amide bonds. The van der Waals surface area contributed by atoms with E-state index in [0.29, 0.717) is 12.3 Å². The van der Waals surface area contributed by atoms with E-state index in [9.17, 15) is 9.90 Å². The molecule has 3 rings (SSSR count). The zero-order chi connectivity index (χ0) is 19.1. The Labute approximate surface area is 188 Å². The standard InChI is InChI=1S/C22H26N2O3.Na.H/c25-20-9-4-8-19(14-20)22-18(7-2-1-3-10-21(26)27)11-13-24(22)16-17-6-5-12-23-15-17;;/h1-2,4-6,8-9,12,14-15,18,22,25H,3,7,10-11,13,16H2,(H,26,27);;/b2-1-;;/t18-,22+;;/m1../s1. The van der Waals surface area contributed by atoms with E-state index in [2.05, 4.69) is 28.1 Å². The van der Waals surface area contributed by atoms with Gasteiger partial charge in [0, 0.05) is 31.4 Å². The van der Waals surface area contributed by atoms with Crippen molar-refractivity contribution in [3.63, 3.8) is 0 Å². The molecule has 5 nitrogen and oxygen atoms in total. The van der Waals surface area contributed by atoms with E-state index in [4.69, 9.17) is 5.11 Å². The second kappa shape index (κ2) is 11.4. The molecule has 0 saturated carbocycles. The van der Waals surface area contributed by atoms with Crippen LogP contribution in [0.2, 0.25) is 0 Å². The number of carbonyl (C=O) groups is 1. The van der Waals surface area contributed by atoms with Crippen molar-refractivity contribution in [3.05, 3.63) is 72.1 Å². The summed E-state index contributed by atoms with van der Waals surface area (Å²) in [5.41, 5.74) is 2.31. The molecule has 2 N–H and O–H groups in total. The van der Waals surface area contributed by atoms with E-state index in [0.717, 1.165) is 31.5 Å². The molecule has 1 aromatic heterocycles. The average Bonchev–Trinajstić information content (AvgIpc) is 3.04. The molecular weight excluding hydrogens is 363 g/mol. The number of hydrogen-bond acceptors (Lipinski definition) is 4. The zero-order valence-electron chi connectivity index (χ0n) is 15.4. The van der Waals surface area contributed by atoms with Crippen LogP contribution in [-0.2, 0) is 11.3 Å². The number of pyridine rings is 1. The number of rotatable bonds is 8. The molecule has 1 aromatic carbocycles. The van der Waals surface area contributed by atoms with Crippen molar-refractivity contribution in [1.82, 2.24) is 9.88 Å². The van der Waals surface area contributed by atoms with Gasteiger partial charge in [0.25, 0.3) is 0 Å². The second-order valence-corrected chi connectivity index (χ2v) is 7.06. The predicted molar refractivity (Wildman–Crippen MR) is 111 cm³/mol. The van der Waals surface area contributed by atoms with Crippen molar-refractivity contribution in [2.45, 2.75) is 38.3 Å². The van der Waals surface area contributed by atoms with Gasteiger partial charge in [-0.2, -0.15) is 0 Å². The van der Waals surface area contributed by atoms with Crippen LogP contribution in [0.4, 0.5) is 0 Å². The van der Waals surface area contributed by atoms with Gasteiger partial charge in [-0.3, -0.25) is 14.7 Å². The van der Waals surface area contributed by atoms with Gasteiger partial charge in [0.05, 0.1) is 0 Å². The Bertz CT molecular complexity index is 782. The molecule has 28 heavy (non-hydrogen) atoms. The fourth-order valence-corrected chi connectivity index (χ4v) is 3.86. The molecule has 1 fully saturated rings. The van der Waals surface area contributed by atoms with Crippen LogP contribution in [0.25, 0.3) is 0 Å². The van der Waals surface area contributed by atoms with Crippen molar-refractivity contribution in [3.8, 4) is 5.75 Å². The molecule has 0 aliphatic carbocycles. The number of allylic oxidation sites excluding steroid dienone is 2. The zero-order valence-corrected chi connectivity index (χ0v) is 15.4. The average molecular weight is 390 g/mol. The first-order chi connectivity index (χ1) is 13.1. The van der Waals surface area contributed by atoms with Crippen molar-refractivity contribution >= 4 is 35.5 Å². The Hall–Kier alpha value is -1.66. The molecule has 0 unspecified atom stereocenters. The number of benzene rings is 1. The van der Waals surface area contributed by atoms with Crippen LogP contribution in [0, 0.1) is 5.92 Å². The molecule has 144 valence electrons. The minimum absolute atomic E-state index is 0. The maximum atomic E-state index is 10.6. The molecule has 2 heterocycles. The Kier molecular flexibility index (Phi) is 9.19. The molecule has 0 bridgehead atoms. The SMILES string of the molecule is O=C(O)CC/C=C\C[C@@H]1CCN(Cc2cccnc2)[C@@H]1c1cccc(O)c1.[NaH]. The van der Waals surface area contributed by atoms with Gasteiger partial charge in [0.1, 0.15) is 5.75 Å². The van der Waals surface area contributed by atoms with Gasteiger partial charge in [0.15, 0.2) is 0 Å². The number of phenolic OH excluding ortho intramolecular Hbond substituents is 1. The Morgan fingerprint density at radius 3 is 2.82 bits per heavy atom. The van der Waals surface area contributed by atoms with Gasteiger partial charge < -0.3 is 10.2 Å². The number of hydrogen-bond donors (Lipinski definition) is 2. The van der Waals surface area contributed by atoms with Crippen LogP contribution >= 0.6 is 0 Å². The summed E-state index contributed by atoms with van der Waals surface area (Å²) in [5, 5.41) is 18.7. The molecule has 0 radical (unpaired) electrons. The van der Waals surface area contributed by atoms with E-state index in [1.54, 1.807) is 12.3 Å². The number of phenols is 1. The van der Waals surface area contributed by atoms with Gasteiger partial charge >= 0.3 is 35.5 Å². The summed E-state index contributed by atoms with van der Waals surface area (Å²) in [6, 6.07) is 11.8. The summed E-state index contributed by atoms with van der Waals surface area (Å²) in [4.78, 5) is 17.3. The normalized spacial score (nSPS) is 19.6. The van der Waals surface area contributed by atoms with Crippen LogP contribution in [0.15, 0.2) is 60.9 Å². The van der Waals surface area contributed by atoms with Crippen LogP contribution in [0.5, 0.6) is 5.75 Å². The monoisotopic (exact) mass is 390 g/mol. The molecule has 1 saturated heterocycles.